The van der Waals surface area contributed by atoms with Gasteiger partial charge >= 0.3 is 0 Å². The lowest BCUT2D eigenvalue weighted by atomic mass is 9.87. The fraction of sp³-hybridized carbons (Fsp3) is 0.444. The van der Waals surface area contributed by atoms with Crippen molar-refractivity contribution in [3.05, 3.63) is 59.7 Å². The van der Waals surface area contributed by atoms with Gasteiger partial charge in [0.05, 0.1) is 5.75 Å². The van der Waals surface area contributed by atoms with Crippen LogP contribution in [0.4, 0.5) is 5.69 Å². The second kappa shape index (κ2) is 10.2. The van der Waals surface area contributed by atoms with Crippen molar-refractivity contribution >= 4 is 23.4 Å². The first-order chi connectivity index (χ1) is 16.3. The average Bonchev–Trinajstić information content (AvgIpc) is 3.25. The maximum Gasteiger partial charge on any atom is 0.233 e. The molecule has 1 amide bonds. The van der Waals surface area contributed by atoms with E-state index >= 15 is 0 Å². The van der Waals surface area contributed by atoms with Crippen LogP contribution >= 0.6 is 11.8 Å². The monoisotopic (exact) mass is 477 g/mol. The standard InChI is InChI=1S/C27H35N5OS/c1-6-32-25(21-10-12-22(13-11-21)27(3,4)5)28-29-26(32)34-19-24(33)31-16-14-30(15-17-31)23-9-7-8-20(2)18-23/h7-13,18H,6,14-17,19H2,1-5H3. The predicted molar refractivity (Wildman–Crippen MR) is 141 cm³/mol. The van der Waals surface area contributed by atoms with Crippen LogP contribution in [0, 0.1) is 6.92 Å². The molecule has 0 N–H and O–H groups in total. The number of aryl methyl sites for hydroxylation is 1. The van der Waals surface area contributed by atoms with Gasteiger partial charge < -0.3 is 14.4 Å². The summed E-state index contributed by atoms with van der Waals surface area (Å²) in [7, 11) is 0. The van der Waals surface area contributed by atoms with Gasteiger partial charge in [-0.15, -0.1) is 10.2 Å². The molecule has 3 aromatic rings. The van der Waals surface area contributed by atoms with E-state index in [9.17, 15) is 4.79 Å². The smallest absolute Gasteiger partial charge is 0.233 e. The molecule has 7 heteroatoms. The molecular weight excluding hydrogens is 442 g/mol. The molecular formula is C27H35N5OS. The van der Waals surface area contributed by atoms with Crippen molar-refractivity contribution in [3.8, 4) is 11.4 Å². The van der Waals surface area contributed by atoms with Crippen LogP contribution in [-0.2, 0) is 16.8 Å². The molecule has 0 radical (unpaired) electrons. The maximum atomic E-state index is 12.9. The van der Waals surface area contributed by atoms with E-state index in [1.165, 1.54) is 28.6 Å². The topological polar surface area (TPSA) is 54.3 Å². The van der Waals surface area contributed by atoms with E-state index in [4.69, 9.17) is 0 Å². The molecule has 1 aliphatic rings. The molecule has 0 aliphatic carbocycles. The number of carbonyl (C=O) groups is 1. The van der Waals surface area contributed by atoms with E-state index in [2.05, 4.69) is 103 Å². The molecule has 1 fully saturated rings. The molecule has 0 bridgehead atoms. The first-order valence-corrected chi connectivity index (χ1v) is 13.0. The number of thioether (sulfide) groups is 1. The van der Waals surface area contributed by atoms with Gasteiger partial charge in [-0.2, -0.15) is 0 Å². The minimum Gasteiger partial charge on any atom is -0.368 e. The Hall–Kier alpha value is -2.80. The van der Waals surface area contributed by atoms with Gasteiger partial charge in [-0.3, -0.25) is 4.79 Å². The Kier molecular flexibility index (Phi) is 7.31. The van der Waals surface area contributed by atoms with Gasteiger partial charge in [-0.25, -0.2) is 0 Å². The van der Waals surface area contributed by atoms with Gasteiger partial charge in [-0.05, 0) is 42.5 Å². The molecule has 2 aromatic carbocycles. The molecule has 180 valence electrons. The number of hydrogen-bond donors (Lipinski definition) is 0. The highest BCUT2D eigenvalue weighted by Gasteiger charge is 2.23. The highest BCUT2D eigenvalue weighted by molar-refractivity contribution is 7.99. The number of piperazine rings is 1. The number of benzene rings is 2. The molecule has 34 heavy (non-hydrogen) atoms. The predicted octanol–water partition coefficient (Wildman–Crippen LogP) is 5.01. The summed E-state index contributed by atoms with van der Waals surface area (Å²) in [6.45, 7) is 14.8. The fourth-order valence-electron chi connectivity index (χ4n) is 4.27. The summed E-state index contributed by atoms with van der Waals surface area (Å²) in [5, 5.41) is 9.65. The Morgan fingerprint density at radius 1 is 1.00 bits per heavy atom. The normalized spacial score (nSPS) is 14.5. The van der Waals surface area contributed by atoms with Crippen LogP contribution in [0.1, 0.15) is 38.8 Å². The molecule has 0 atom stereocenters. The summed E-state index contributed by atoms with van der Waals surface area (Å²) in [4.78, 5) is 17.2. The van der Waals surface area contributed by atoms with Gasteiger partial charge in [0, 0.05) is 44.0 Å². The Balaban J connectivity index is 1.36. The lowest BCUT2D eigenvalue weighted by molar-refractivity contribution is -0.128. The van der Waals surface area contributed by atoms with E-state index in [0.717, 1.165) is 49.3 Å². The van der Waals surface area contributed by atoms with Gasteiger partial charge in [0.2, 0.25) is 5.91 Å². The van der Waals surface area contributed by atoms with Crippen molar-refractivity contribution in [1.82, 2.24) is 19.7 Å². The zero-order valence-electron chi connectivity index (χ0n) is 20.9. The summed E-state index contributed by atoms with van der Waals surface area (Å²) < 4.78 is 2.10. The van der Waals surface area contributed by atoms with Crippen LogP contribution in [0.25, 0.3) is 11.4 Å². The molecule has 4 rings (SSSR count). The second-order valence-corrected chi connectivity index (χ2v) is 10.8. The number of carbonyl (C=O) groups excluding carboxylic acids is 1. The summed E-state index contributed by atoms with van der Waals surface area (Å²) in [5.74, 6) is 1.39. The molecule has 1 aromatic heterocycles. The number of hydrogen-bond acceptors (Lipinski definition) is 5. The van der Waals surface area contributed by atoms with Crippen LogP contribution in [0.15, 0.2) is 53.7 Å². The van der Waals surface area contributed by atoms with E-state index in [1.54, 1.807) is 0 Å². The van der Waals surface area contributed by atoms with Crippen molar-refractivity contribution in [2.75, 3.05) is 36.8 Å². The summed E-state index contributed by atoms with van der Waals surface area (Å²) >= 11 is 1.48. The number of nitrogens with zero attached hydrogens (tertiary/aromatic N) is 5. The zero-order valence-corrected chi connectivity index (χ0v) is 21.7. The second-order valence-electron chi connectivity index (χ2n) is 9.87. The van der Waals surface area contributed by atoms with Crippen molar-refractivity contribution in [2.24, 2.45) is 0 Å². The van der Waals surface area contributed by atoms with E-state index in [1.807, 2.05) is 4.90 Å². The average molecular weight is 478 g/mol. The van der Waals surface area contributed by atoms with Crippen LogP contribution in [0.2, 0.25) is 0 Å². The molecule has 2 heterocycles. The van der Waals surface area contributed by atoms with Gasteiger partial charge in [-0.1, -0.05) is 68.9 Å². The number of rotatable bonds is 6. The largest absolute Gasteiger partial charge is 0.368 e. The lowest BCUT2D eigenvalue weighted by Crippen LogP contribution is -2.49. The SMILES string of the molecule is CCn1c(SCC(=O)N2CCN(c3cccc(C)c3)CC2)nnc1-c1ccc(C(C)(C)C)cc1. The summed E-state index contributed by atoms with van der Waals surface area (Å²) in [6, 6.07) is 17.1. The Morgan fingerprint density at radius 3 is 2.32 bits per heavy atom. The fourth-order valence-corrected chi connectivity index (χ4v) is 5.17. The van der Waals surface area contributed by atoms with Crippen LogP contribution in [-0.4, -0.2) is 57.5 Å². The minimum absolute atomic E-state index is 0.115. The Morgan fingerprint density at radius 2 is 1.71 bits per heavy atom. The third kappa shape index (κ3) is 5.46. The quantitative estimate of drug-likeness (QED) is 0.467. The number of anilines is 1. The van der Waals surface area contributed by atoms with E-state index in [0.29, 0.717) is 5.75 Å². The maximum absolute atomic E-state index is 12.9. The molecule has 0 unspecified atom stereocenters. The third-order valence-electron chi connectivity index (χ3n) is 6.37. The van der Waals surface area contributed by atoms with E-state index in [-0.39, 0.29) is 11.3 Å². The highest BCUT2D eigenvalue weighted by Crippen LogP contribution is 2.28. The van der Waals surface area contributed by atoms with Crippen molar-refractivity contribution in [2.45, 2.75) is 51.7 Å². The zero-order chi connectivity index (χ0) is 24.3. The van der Waals surface area contributed by atoms with Crippen LogP contribution < -0.4 is 4.90 Å². The van der Waals surface area contributed by atoms with E-state index < -0.39 is 0 Å². The summed E-state index contributed by atoms with van der Waals surface area (Å²) in [6.07, 6.45) is 0. The highest BCUT2D eigenvalue weighted by atomic mass is 32.2. The van der Waals surface area contributed by atoms with Crippen LogP contribution in [0.5, 0.6) is 0 Å². The number of amides is 1. The first-order valence-electron chi connectivity index (χ1n) is 12.0. The Bertz CT molecular complexity index is 1120. The molecule has 6 nitrogen and oxygen atoms in total. The van der Waals surface area contributed by atoms with Crippen molar-refractivity contribution in [1.29, 1.82) is 0 Å². The molecule has 1 aliphatic heterocycles. The van der Waals surface area contributed by atoms with Gasteiger partial charge in [0.25, 0.3) is 0 Å². The molecule has 1 saturated heterocycles. The molecule has 0 saturated carbocycles. The summed E-state index contributed by atoms with van der Waals surface area (Å²) in [5.41, 5.74) is 4.95. The first kappa shape index (κ1) is 24.3. The third-order valence-corrected chi connectivity index (χ3v) is 7.32. The van der Waals surface area contributed by atoms with Gasteiger partial charge in [0.1, 0.15) is 0 Å². The van der Waals surface area contributed by atoms with Crippen molar-refractivity contribution < 1.29 is 4.79 Å². The lowest BCUT2D eigenvalue weighted by Gasteiger charge is -2.36. The van der Waals surface area contributed by atoms with Crippen LogP contribution in [0.3, 0.4) is 0 Å². The van der Waals surface area contributed by atoms with Crippen molar-refractivity contribution in [3.63, 3.8) is 0 Å². The molecule has 0 spiro atoms. The minimum atomic E-state index is 0.115. The van der Waals surface area contributed by atoms with Gasteiger partial charge in [0.15, 0.2) is 11.0 Å². The number of aromatic nitrogens is 3. The Labute approximate surface area is 207 Å².